The number of ether oxygens (including phenoxy) is 2. The quantitative estimate of drug-likeness (QED) is 0.809. The van der Waals surface area contributed by atoms with Crippen molar-refractivity contribution in [3.8, 4) is 11.5 Å². The van der Waals surface area contributed by atoms with E-state index >= 15 is 0 Å². The summed E-state index contributed by atoms with van der Waals surface area (Å²) in [6.07, 6.45) is 1.58. The lowest BCUT2D eigenvalue weighted by molar-refractivity contribution is -0.0561. The number of aryl methyl sites for hydroxylation is 1. The van der Waals surface area contributed by atoms with Gasteiger partial charge in [-0.05, 0) is 42.7 Å². The minimum atomic E-state index is -2.91. The third-order valence-corrected chi connectivity index (χ3v) is 5.06. The highest BCUT2D eigenvalue weighted by molar-refractivity contribution is 5.95. The second kappa shape index (κ2) is 6.92. The van der Waals surface area contributed by atoms with Crippen molar-refractivity contribution in [1.29, 1.82) is 0 Å². The number of halogens is 2. The fraction of sp³-hybridized carbons (Fsp3) is 0.400. The lowest BCUT2D eigenvalue weighted by atomic mass is 10.0. The van der Waals surface area contributed by atoms with Crippen LogP contribution in [0, 0.1) is 6.92 Å². The summed E-state index contributed by atoms with van der Waals surface area (Å²) >= 11 is 0. The van der Waals surface area contributed by atoms with Crippen molar-refractivity contribution in [2.45, 2.75) is 32.2 Å². The first-order chi connectivity index (χ1) is 13.3. The number of aromatic nitrogens is 1. The van der Waals surface area contributed by atoms with Crippen LogP contribution < -0.4 is 15.0 Å². The Hall–Kier alpha value is -2.90. The molecule has 2 aliphatic rings. The third-order valence-electron chi connectivity index (χ3n) is 5.06. The third kappa shape index (κ3) is 3.46. The van der Waals surface area contributed by atoms with E-state index in [4.69, 9.17) is 9.47 Å². The number of likely N-dealkylation sites (tertiary alicyclic amines) is 1. The smallest absolute Gasteiger partial charge is 0.265 e. The zero-order valence-corrected chi connectivity index (χ0v) is 15.4. The summed E-state index contributed by atoms with van der Waals surface area (Å²) in [6.45, 7) is 1.60. The first-order valence-corrected chi connectivity index (χ1v) is 9.10. The number of pyridine rings is 1. The molecule has 1 saturated heterocycles. The minimum Gasteiger partial charge on any atom is -0.454 e. The van der Waals surface area contributed by atoms with Crippen LogP contribution in [0.2, 0.25) is 0 Å². The monoisotopic (exact) mass is 390 g/mol. The first-order valence-electron chi connectivity index (χ1n) is 9.10. The van der Waals surface area contributed by atoms with E-state index in [1.807, 2.05) is 6.07 Å². The molecule has 1 amide bonds. The molecular formula is C20H20F2N2O4. The Kier molecular flexibility index (Phi) is 4.56. The molecule has 1 aromatic carbocycles. The van der Waals surface area contributed by atoms with Gasteiger partial charge in [-0.25, -0.2) is 8.78 Å². The van der Waals surface area contributed by atoms with Gasteiger partial charge in [0, 0.05) is 19.2 Å². The van der Waals surface area contributed by atoms with Crippen LogP contribution in [0.5, 0.6) is 11.5 Å². The molecule has 1 aromatic heterocycles. The molecule has 0 saturated carbocycles. The van der Waals surface area contributed by atoms with Crippen LogP contribution in [0.1, 0.15) is 34.3 Å². The van der Waals surface area contributed by atoms with Gasteiger partial charge in [0.25, 0.3) is 17.4 Å². The van der Waals surface area contributed by atoms with E-state index in [1.54, 1.807) is 31.3 Å². The number of rotatable bonds is 3. The van der Waals surface area contributed by atoms with Crippen molar-refractivity contribution in [2.75, 3.05) is 19.9 Å². The number of alkyl halides is 2. The highest BCUT2D eigenvalue weighted by atomic mass is 19.3. The van der Waals surface area contributed by atoms with Crippen LogP contribution in [0.25, 0.3) is 0 Å². The molecule has 0 atom stereocenters. The Labute approximate surface area is 160 Å². The molecule has 3 heterocycles. The first kappa shape index (κ1) is 18.5. The van der Waals surface area contributed by atoms with Gasteiger partial charge in [-0.15, -0.1) is 0 Å². The van der Waals surface area contributed by atoms with Crippen LogP contribution in [0.4, 0.5) is 8.78 Å². The molecule has 8 heteroatoms. The maximum Gasteiger partial charge on any atom is 0.265 e. The van der Waals surface area contributed by atoms with Gasteiger partial charge in [0.1, 0.15) is 5.56 Å². The zero-order valence-electron chi connectivity index (χ0n) is 15.4. The van der Waals surface area contributed by atoms with Gasteiger partial charge in [0.2, 0.25) is 6.79 Å². The lowest BCUT2D eigenvalue weighted by Crippen LogP contribution is -2.47. The summed E-state index contributed by atoms with van der Waals surface area (Å²) in [7, 11) is 0. The van der Waals surface area contributed by atoms with Gasteiger partial charge in [0.15, 0.2) is 11.5 Å². The molecule has 6 nitrogen and oxygen atoms in total. The van der Waals surface area contributed by atoms with Gasteiger partial charge in [-0.3, -0.25) is 9.59 Å². The van der Waals surface area contributed by atoms with Crippen LogP contribution in [-0.2, 0) is 6.54 Å². The van der Waals surface area contributed by atoms with E-state index in [1.165, 1.54) is 4.57 Å². The van der Waals surface area contributed by atoms with Crippen LogP contribution in [0.3, 0.4) is 0 Å². The second-order valence-corrected chi connectivity index (χ2v) is 7.18. The van der Waals surface area contributed by atoms with E-state index in [0.717, 1.165) is 10.5 Å². The summed E-state index contributed by atoms with van der Waals surface area (Å²) in [5.74, 6) is -2.31. The highest BCUT2D eigenvalue weighted by Crippen LogP contribution is 2.32. The average molecular weight is 390 g/mol. The van der Waals surface area contributed by atoms with Gasteiger partial charge >= 0.3 is 0 Å². The average Bonchev–Trinajstić information content (AvgIpc) is 3.11. The second-order valence-electron chi connectivity index (χ2n) is 7.18. The van der Waals surface area contributed by atoms with Crippen molar-refractivity contribution in [2.24, 2.45) is 0 Å². The summed E-state index contributed by atoms with van der Waals surface area (Å²) in [5, 5.41) is 0. The molecule has 2 aromatic rings. The number of hydrogen-bond donors (Lipinski definition) is 0. The lowest BCUT2D eigenvalue weighted by Gasteiger charge is -2.32. The molecule has 148 valence electrons. The molecule has 0 aliphatic carbocycles. The molecule has 0 spiro atoms. The molecule has 0 radical (unpaired) electrons. The van der Waals surface area contributed by atoms with Crippen LogP contribution in [0.15, 0.2) is 35.3 Å². The van der Waals surface area contributed by atoms with Gasteiger partial charge < -0.3 is 18.9 Å². The van der Waals surface area contributed by atoms with Gasteiger partial charge in [-0.1, -0.05) is 6.07 Å². The summed E-state index contributed by atoms with van der Waals surface area (Å²) in [5.41, 5.74) is 0.737. The number of nitrogens with zero attached hydrogens (tertiary/aromatic N) is 2. The minimum absolute atomic E-state index is 0.0547. The number of benzene rings is 1. The Balaban J connectivity index is 1.63. The van der Waals surface area contributed by atoms with Crippen molar-refractivity contribution in [1.82, 2.24) is 9.47 Å². The molecule has 1 fully saturated rings. The number of piperidine rings is 1. The summed E-state index contributed by atoms with van der Waals surface area (Å²) < 4.78 is 39.4. The summed E-state index contributed by atoms with van der Waals surface area (Å²) in [6, 6.07) is 7.01. The van der Waals surface area contributed by atoms with E-state index in [-0.39, 0.29) is 38.3 Å². The van der Waals surface area contributed by atoms with Gasteiger partial charge in [0.05, 0.1) is 13.1 Å². The molecule has 28 heavy (non-hydrogen) atoms. The predicted octanol–water partition coefficient (Wildman–Crippen LogP) is 2.81. The zero-order chi connectivity index (χ0) is 19.9. The highest BCUT2D eigenvalue weighted by Gasteiger charge is 2.38. The topological polar surface area (TPSA) is 60.8 Å². The molecule has 2 aliphatic heterocycles. The number of amides is 1. The number of carbonyl (C=O) groups is 1. The predicted molar refractivity (Wildman–Crippen MR) is 97.2 cm³/mol. The molecule has 0 unspecified atom stereocenters. The molecular weight excluding hydrogens is 370 g/mol. The van der Waals surface area contributed by atoms with E-state index in [2.05, 4.69) is 0 Å². The summed E-state index contributed by atoms with van der Waals surface area (Å²) in [4.78, 5) is 26.9. The Bertz CT molecular complexity index is 987. The molecule has 0 N–H and O–H groups in total. The number of fused-ring (bicyclic) bond motifs is 1. The Morgan fingerprint density at radius 2 is 2.00 bits per heavy atom. The molecule has 0 bridgehead atoms. The van der Waals surface area contributed by atoms with E-state index in [9.17, 15) is 18.4 Å². The van der Waals surface area contributed by atoms with Crippen LogP contribution in [-0.4, -0.2) is 41.2 Å². The van der Waals surface area contributed by atoms with Crippen molar-refractivity contribution in [3.05, 3.63) is 57.5 Å². The fourth-order valence-electron chi connectivity index (χ4n) is 3.58. The normalized spacial score (nSPS) is 17.6. The van der Waals surface area contributed by atoms with Gasteiger partial charge in [-0.2, -0.15) is 0 Å². The van der Waals surface area contributed by atoms with E-state index in [0.29, 0.717) is 17.1 Å². The Morgan fingerprint density at radius 1 is 1.21 bits per heavy atom. The molecule has 4 rings (SSSR count). The number of carbonyl (C=O) groups excluding carboxylic acids is 1. The standard InChI is InChI=1S/C20H20F2N2O4/c1-13-5-8-23(10-14-3-4-15-16(9-14)28-12-27-15)18(25)17(13)19(26)24-7-2-6-20(21,22)11-24/h3-5,8-9H,2,6-7,10-12H2,1H3. The largest absolute Gasteiger partial charge is 0.454 e. The van der Waals surface area contributed by atoms with Crippen molar-refractivity contribution >= 4 is 5.91 Å². The Morgan fingerprint density at radius 3 is 2.79 bits per heavy atom. The van der Waals surface area contributed by atoms with Crippen molar-refractivity contribution in [3.63, 3.8) is 0 Å². The fourth-order valence-corrected chi connectivity index (χ4v) is 3.58. The maximum atomic E-state index is 13.7. The van der Waals surface area contributed by atoms with Crippen molar-refractivity contribution < 1.29 is 23.0 Å². The SMILES string of the molecule is Cc1ccn(Cc2ccc3c(c2)OCO3)c(=O)c1C(=O)N1CCCC(F)(F)C1. The maximum absolute atomic E-state index is 13.7. The van der Waals surface area contributed by atoms with Crippen LogP contribution >= 0.6 is 0 Å². The number of hydrogen-bond acceptors (Lipinski definition) is 4. The van der Waals surface area contributed by atoms with E-state index < -0.39 is 23.9 Å².